The van der Waals surface area contributed by atoms with E-state index in [-0.39, 0.29) is 13.2 Å². The van der Waals surface area contributed by atoms with Crippen molar-refractivity contribution in [1.82, 2.24) is 0 Å². The van der Waals surface area contributed by atoms with Crippen LogP contribution in [0.5, 0.6) is 0 Å². The van der Waals surface area contributed by atoms with Crippen molar-refractivity contribution >= 4 is 0 Å². The van der Waals surface area contributed by atoms with Crippen LogP contribution in [-0.4, -0.2) is 59.6 Å². The van der Waals surface area contributed by atoms with Crippen LogP contribution in [0.2, 0.25) is 0 Å². The molecule has 0 aromatic heterocycles. The zero-order valence-corrected chi connectivity index (χ0v) is 15.1. The number of aliphatic hydroxyl groups is 3. The first-order chi connectivity index (χ1) is 11.7. The first kappa shape index (κ1) is 21.6. The summed E-state index contributed by atoms with van der Waals surface area (Å²) >= 11 is 0. The average molecular weight is 344 g/mol. The fraction of sp³-hybridized carbons (Fsp3) is 0.895. The van der Waals surface area contributed by atoms with Gasteiger partial charge in [0.05, 0.1) is 13.2 Å². The number of hydrogen-bond acceptors (Lipinski definition) is 5. The van der Waals surface area contributed by atoms with Gasteiger partial charge in [0.15, 0.2) is 0 Å². The van der Waals surface area contributed by atoms with Crippen molar-refractivity contribution in [1.29, 1.82) is 0 Å². The van der Waals surface area contributed by atoms with Crippen molar-refractivity contribution in [3.63, 3.8) is 0 Å². The summed E-state index contributed by atoms with van der Waals surface area (Å²) in [5.41, 5.74) is 0. The summed E-state index contributed by atoms with van der Waals surface area (Å²) in [4.78, 5) is 0. The molecule has 1 aliphatic rings. The van der Waals surface area contributed by atoms with Crippen LogP contribution < -0.4 is 0 Å². The van der Waals surface area contributed by atoms with Crippen molar-refractivity contribution in [3.8, 4) is 0 Å². The minimum absolute atomic E-state index is 0.0976. The second-order valence-corrected chi connectivity index (χ2v) is 6.63. The zero-order chi connectivity index (χ0) is 17.6. The third kappa shape index (κ3) is 8.58. The lowest BCUT2D eigenvalue weighted by Crippen LogP contribution is -2.42. The van der Waals surface area contributed by atoms with Gasteiger partial charge >= 0.3 is 0 Å². The van der Waals surface area contributed by atoms with Crippen molar-refractivity contribution < 1.29 is 24.8 Å². The number of hydrogen-bond donors (Lipinski definition) is 3. The van der Waals surface area contributed by atoms with Gasteiger partial charge < -0.3 is 24.8 Å². The van der Waals surface area contributed by atoms with Crippen LogP contribution in [0.3, 0.4) is 0 Å². The minimum Gasteiger partial charge on any atom is -0.394 e. The fourth-order valence-electron chi connectivity index (χ4n) is 3.03. The molecule has 5 heteroatoms. The van der Waals surface area contributed by atoms with Gasteiger partial charge in [-0.05, 0) is 26.2 Å². The second-order valence-electron chi connectivity index (χ2n) is 6.63. The molecule has 0 radical (unpaired) electrons. The van der Waals surface area contributed by atoms with Gasteiger partial charge in [-0.2, -0.15) is 0 Å². The molecule has 0 unspecified atom stereocenters. The molecule has 1 rings (SSSR count). The molecule has 0 saturated carbocycles. The maximum Gasteiger partial charge on any atom is 0.114 e. The molecule has 1 heterocycles. The van der Waals surface area contributed by atoms with Gasteiger partial charge in [-0.3, -0.25) is 0 Å². The van der Waals surface area contributed by atoms with Gasteiger partial charge in [-0.1, -0.05) is 50.7 Å². The molecule has 0 aromatic carbocycles. The van der Waals surface area contributed by atoms with E-state index in [2.05, 4.69) is 19.1 Å². The molecule has 0 aliphatic carbocycles. The average Bonchev–Trinajstić information content (AvgIpc) is 2.92. The van der Waals surface area contributed by atoms with Crippen LogP contribution >= 0.6 is 0 Å². The fourth-order valence-corrected chi connectivity index (χ4v) is 3.03. The number of allylic oxidation sites excluding steroid dienone is 2. The Balaban J connectivity index is 1.94. The Labute approximate surface area is 146 Å². The Morgan fingerprint density at radius 3 is 2.21 bits per heavy atom. The largest absolute Gasteiger partial charge is 0.394 e. The van der Waals surface area contributed by atoms with E-state index < -0.39 is 24.4 Å². The Bertz CT molecular complexity index is 321. The molecule has 3 N–H and O–H groups in total. The molecular formula is C19H36O5. The molecule has 0 aromatic rings. The minimum atomic E-state index is -0.977. The monoisotopic (exact) mass is 344 g/mol. The predicted molar refractivity (Wildman–Crippen MR) is 94.9 cm³/mol. The molecular weight excluding hydrogens is 308 g/mol. The van der Waals surface area contributed by atoms with Crippen LogP contribution in [0.25, 0.3) is 0 Å². The first-order valence-electron chi connectivity index (χ1n) is 9.52. The topological polar surface area (TPSA) is 79.2 Å². The quantitative estimate of drug-likeness (QED) is 0.333. The molecule has 24 heavy (non-hydrogen) atoms. The number of unbranched alkanes of at least 4 members (excludes halogenated alkanes) is 8. The van der Waals surface area contributed by atoms with Crippen LogP contribution in [0.4, 0.5) is 0 Å². The van der Waals surface area contributed by atoms with E-state index in [1.165, 1.54) is 44.9 Å². The van der Waals surface area contributed by atoms with E-state index in [1.807, 2.05) is 0 Å². The molecule has 1 aliphatic heterocycles. The highest BCUT2D eigenvalue weighted by Crippen LogP contribution is 2.20. The van der Waals surface area contributed by atoms with Crippen LogP contribution in [0, 0.1) is 0 Å². The third-order valence-electron chi connectivity index (χ3n) is 4.57. The maximum absolute atomic E-state index is 9.78. The van der Waals surface area contributed by atoms with Crippen LogP contribution in [-0.2, 0) is 9.47 Å². The van der Waals surface area contributed by atoms with Crippen LogP contribution in [0.1, 0.15) is 64.7 Å². The molecule has 142 valence electrons. The van der Waals surface area contributed by atoms with E-state index in [0.29, 0.717) is 6.61 Å². The maximum atomic E-state index is 9.78. The lowest BCUT2D eigenvalue weighted by Gasteiger charge is -2.24. The third-order valence-corrected chi connectivity index (χ3v) is 4.57. The van der Waals surface area contributed by atoms with Gasteiger partial charge in [0.25, 0.3) is 0 Å². The second kappa shape index (κ2) is 13.8. The molecule has 1 fully saturated rings. The summed E-state index contributed by atoms with van der Waals surface area (Å²) in [5, 5.41) is 28.6. The van der Waals surface area contributed by atoms with E-state index in [9.17, 15) is 15.3 Å². The van der Waals surface area contributed by atoms with Gasteiger partial charge in [-0.25, -0.2) is 0 Å². The Hall–Kier alpha value is -0.460. The van der Waals surface area contributed by atoms with Crippen molar-refractivity contribution in [2.24, 2.45) is 0 Å². The highest BCUT2D eigenvalue weighted by molar-refractivity contribution is 4.88. The van der Waals surface area contributed by atoms with E-state index in [1.54, 1.807) is 0 Å². The molecule has 5 nitrogen and oxygen atoms in total. The van der Waals surface area contributed by atoms with Crippen molar-refractivity contribution in [2.75, 3.05) is 19.8 Å². The van der Waals surface area contributed by atoms with Gasteiger partial charge in [0, 0.05) is 6.61 Å². The van der Waals surface area contributed by atoms with Gasteiger partial charge in [0.1, 0.15) is 24.4 Å². The number of aliphatic hydroxyl groups excluding tert-OH is 3. The van der Waals surface area contributed by atoms with Crippen molar-refractivity contribution in [3.05, 3.63) is 12.2 Å². The lowest BCUT2D eigenvalue weighted by molar-refractivity contribution is -0.101. The standard InChI is InChI=1S/C19H36O5/c1-2-3-4-5-6-7-8-9-10-11-12-13-23-17(14-20)19-18(22)16(21)15-24-19/h2-3,16-22H,4-15H2,1H3/b3-2+/t16-,17+,18-,19-/m0/s1. The molecule has 4 atom stereocenters. The molecule has 0 amide bonds. The Morgan fingerprint density at radius 2 is 1.67 bits per heavy atom. The number of ether oxygens (including phenoxy) is 2. The molecule has 1 saturated heterocycles. The van der Waals surface area contributed by atoms with Gasteiger partial charge in [0.2, 0.25) is 0 Å². The van der Waals surface area contributed by atoms with E-state index >= 15 is 0 Å². The number of rotatable bonds is 14. The highest BCUT2D eigenvalue weighted by atomic mass is 16.6. The molecule has 0 spiro atoms. The molecule has 0 bridgehead atoms. The zero-order valence-electron chi connectivity index (χ0n) is 15.1. The summed E-state index contributed by atoms with van der Waals surface area (Å²) < 4.78 is 10.9. The lowest BCUT2D eigenvalue weighted by atomic mass is 10.1. The summed E-state index contributed by atoms with van der Waals surface area (Å²) in [6.07, 6.45) is 12.3. The SMILES string of the molecule is C/C=C/CCCCCCCCCCO[C@H](CO)[C@@H]1OC[C@H](O)[C@@H]1O. The normalized spacial score (nSPS) is 25.6. The summed E-state index contributed by atoms with van der Waals surface area (Å²) in [5.74, 6) is 0. The Morgan fingerprint density at radius 1 is 1.04 bits per heavy atom. The Kier molecular flexibility index (Phi) is 12.4. The van der Waals surface area contributed by atoms with Crippen molar-refractivity contribution in [2.45, 2.75) is 89.1 Å². The summed E-state index contributed by atoms with van der Waals surface area (Å²) in [6, 6.07) is 0. The summed E-state index contributed by atoms with van der Waals surface area (Å²) in [7, 11) is 0. The first-order valence-corrected chi connectivity index (χ1v) is 9.52. The van der Waals surface area contributed by atoms with E-state index in [4.69, 9.17) is 9.47 Å². The van der Waals surface area contributed by atoms with Gasteiger partial charge in [-0.15, -0.1) is 0 Å². The predicted octanol–water partition coefficient (Wildman–Crippen LogP) is 2.57. The highest BCUT2D eigenvalue weighted by Gasteiger charge is 2.40. The smallest absolute Gasteiger partial charge is 0.114 e. The summed E-state index contributed by atoms with van der Waals surface area (Å²) in [6.45, 7) is 2.51. The van der Waals surface area contributed by atoms with Crippen LogP contribution in [0.15, 0.2) is 12.2 Å². The van der Waals surface area contributed by atoms with E-state index in [0.717, 1.165) is 12.8 Å².